The zero-order valence-electron chi connectivity index (χ0n) is 13.6. The van der Waals surface area contributed by atoms with Gasteiger partial charge in [0.25, 0.3) is 0 Å². The van der Waals surface area contributed by atoms with Crippen LogP contribution < -0.4 is 9.47 Å². The molecule has 0 saturated carbocycles. The van der Waals surface area contributed by atoms with Gasteiger partial charge in [-0.25, -0.2) is 5.10 Å². The number of hydrogen-bond acceptors (Lipinski definition) is 5. The van der Waals surface area contributed by atoms with E-state index in [1.54, 1.807) is 32.6 Å². The summed E-state index contributed by atoms with van der Waals surface area (Å²) >= 11 is 11.3. The third kappa shape index (κ3) is 3.72. The van der Waals surface area contributed by atoms with Crippen LogP contribution in [0.4, 0.5) is 0 Å². The van der Waals surface area contributed by atoms with Crippen molar-refractivity contribution in [3.05, 3.63) is 57.8 Å². The largest absolute Gasteiger partial charge is 0.493 e. The van der Waals surface area contributed by atoms with Crippen LogP contribution in [0, 0.1) is 4.77 Å². The molecule has 3 rings (SSSR count). The minimum absolute atomic E-state index is 0.378. The molecule has 1 heterocycles. The van der Waals surface area contributed by atoms with Gasteiger partial charge in [-0.3, -0.25) is 0 Å². The summed E-state index contributed by atoms with van der Waals surface area (Å²) in [5, 5.41) is 12.1. The average molecular weight is 375 g/mol. The smallest absolute Gasteiger partial charge is 0.216 e. The van der Waals surface area contributed by atoms with Crippen LogP contribution in [0.2, 0.25) is 5.02 Å². The average Bonchev–Trinajstić information content (AvgIpc) is 3.00. The van der Waals surface area contributed by atoms with Crippen LogP contribution in [0.1, 0.15) is 5.56 Å². The van der Waals surface area contributed by atoms with Crippen LogP contribution in [0.5, 0.6) is 11.5 Å². The van der Waals surface area contributed by atoms with Gasteiger partial charge in [0.15, 0.2) is 17.3 Å². The maximum atomic E-state index is 5.99. The third-order valence-electron chi connectivity index (χ3n) is 3.46. The Morgan fingerprint density at radius 2 is 1.96 bits per heavy atom. The summed E-state index contributed by atoms with van der Waals surface area (Å²) in [6.07, 6.45) is 1.67. The van der Waals surface area contributed by atoms with Crippen molar-refractivity contribution in [1.29, 1.82) is 0 Å². The first-order valence-electron chi connectivity index (χ1n) is 7.32. The molecule has 8 heteroatoms. The van der Waals surface area contributed by atoms with Crippen LogP contribution in [-0.2, 0) is 0 Å². The number of nitrogens with zero attached hydrogens (tertiary/aromatic N) is 3. The molecule has 0 aliphatic rings. The molecule has 6 nitrogen and oxygen atoms in total. The summed E-state index contributed by atoms with van der Waals surface area (Å²) in [5.41, 5.74) is 1.64. The first-order valence-corrected chi connectivity index (χ1v) is 8.10. The van der Waals surface area contributed by atoms with E-state index in [-0.39, 0.29) is 0 Å². The zero-order valence-corrected chi connectivity index (χ0v) is 15.1. The highest BCUT2D eigenvalue weighted by Gasteiger charge is 2.12. The van der Waals surface area contributed by atoms with Gasteiger partial charge < -0.3 is 9.47 Å². The summed E-state index contributed by atoms with van der Waals surface area (Å²) < 4.78 is 12.5. The number of hydrogen-bond donors (Lipinski definition) is 1. The molecule has 3 aromatic rings. The second-order valence-corrected chi connectivity index (χ2v) is 5.86. The molecule has 0 aliphatic carbocycles. The molecule has 0 bridgehead atoms. The predicted octanol–water partition coefficient (Wildman–Crippen LogP) is 4.16. The third-order valence-corrected chi connectivity index (χ3v) is 3.96. The topological polar surface area (TPSA) is 64.4 Å². The molecular formula is C17H15ClN4O2S. The molecule has 1 N–H and O–H groups in total. The number of nitrogens with one attached hydrogen (secondary N) is 1. The van der Waals surface area contributed by atoms with Gasteiger partial charge in [-0.1, -0.05) is 23.7 Å². The van der Waals surface area contributed by atoms with Gasteiger partial charge in [-0.05, 0) is 48.1 Å². The summed E-state index contributed by atoms with van der Waals surface area (Å²) in [7, 11) is 3.17. The lowest BCUT2D eigenvalue weighted by atomic mass is 10.2. The van der Waals surface area contributed by atoms with E-state index in [2.05, 4.69) is 15.3 Å². The molecule has 0 saturated heterocycles. The lowest BCUT2D eigenvalue weighted by Crippen LogP contribution is -1.96. The number of rotatable bonds is 5. The van der Waals surface area contributed by atoms with Crippen molar-refractivity contribution in [1.82, 2.24) is 14.9 Å². The van der Waals surface area contributed by atoms with E-state index in [9.17, 15) is 0 Å². The number of H-pyrrole nitrogens is 1. The summed E-state index contributed by atoms with van der Waals surface area (Å²) in [4.78, 5) is 0. The predicted molar refractivity (Wildman–Crippen MR) is 100 cm³/mol. The van der Waals surface area contributed by atoms with E-state index >= 15 is 0 Å². The first-order chi connectivity index (χ1) is 12.1. The molecule has 0 fully saturated rings. The summed E-state index contributed by atoms with van der Waals surface area (Å²) in [5.74, 6) is 1.79. The van der Waals surface area contributed by atoms with Crippen molar-refractivity contribution in [2.45, 2.75) is 0 Å². The monoisotopic (exact) mass is 374 g/mol. The molecule has 0 unspecified atom stereocenters. The van der Waals surface area contributed by atoms with Gasteiger partial charge in [-0.15, -0.1) is 0 Å². The van der Waals surface area contributed by atoms with E-state index < -0.39 is 0 Å². The minimum Gasteiger partial charge on any atom is -0.493 e. The van der Waals surface area contributed by atoms with Crippen molar-refractivity contribution in [2.24, 2.45) is 5.10 Å². The fourth-order valence-electron chi connectivity index (χ4n) is 2.27. The summed E-state index contributed by atoms with van der Waals surface area (Å²) in [6, 6.07) is 12.8. The van der Waals surface area contributed by atoms with Crippen LogP contribution in [0.15, 0.2) is 47.6 Å². The lowest BCUT2D eigenvalue weighted by molar-refractivity contribution is 0.355. The number of aromatic amines is 1. The van der Waals surface area contributed by atoms with Crippen LogP contribution in [0.25, 0.3) is 11.4 Å². The Bertz CT molecular complexity index is 981. The number of ether oxygens (including phenoxy) is 2. The number of methoxy groups -OCH3 is 2. The zero-order chi connectivity index (χ0) is 17.8. The van der Waals surface area contributed by atoms with Crippen molar-refractivity contribution in [2.75, 3.05) is 14.2 Å². The molecule has 1 aromatic heterocycles. The van der Waals surface area contributed by atoms with Crippen molar-refractivity contribution in [3.8, 4) is 22.9 Å². The molecule has 128 valence electrons. The van der Waals surface area contributed by atoms with Gasteiger partial charge in [0, 0.05) is 10.6 Å². The Morgan fingerprint density at radius 1 is 1.16 bits per heavy atom. The number of halogens is 1. The molecular weight excluding hydrogens is 360 g/mol. The molecule has 0 radical (unpaired) electrons. The molecule has 2 aromatic carbocycles. The maximum Gasteiger partial charge on any atom is 0.216 e. The normalized spacial score (nSPS) is 11.0. The highest BCUT2D eigenvalue weighted by molar-refractivity contribution is 7.71. The Morgan fingerprint density at radius 3 is 2.68 bits per heavy atom. The van der Waals surface area contributed by atoms with Crippen molar-refractivity contribution in [3.63, 3.8) is 0 Å². The number of benzene rings is 2. The molecule has 0 spiro atoms. The second kappa shape index (κ2) is 7.50. The van der Waals surface area contributed by atoms with Gasteiger partial charge in [0.05, 0.1) is 20.4 Å². The number of aromatic nitrogens is 3. The standard InChI is InChI=1S/C17H15ClN4O2S/c1-23-14-7-6-12(9-15(14)24-2)16-20-21-17(25)22(16)19-10-11-4-3-5-13(18)8-11/h3-10H,1-2H3,(H,21,25). The van der Waals surface area contributed by atoms with E-state index in [1.165, 1.54) is 4.68 Å². The van der Waals surface area contributed by atoms with Gasteiger partial charge in [-0.2, -0.15) is 14.9 Å². The highest BCUT2D eigenvalue weighted by atomic mass is 35.5. The Balaban J connectivity index is 2.01. The Labute approximate surface area is 154 Å². The van der Waals surface area contributed by atoms with E-state index in [4.69, 9.17) is 33.3 Å². The Kier molecular flexibility index (Phi) is 5.16. The highest BCUT2D eigenvalue weighted by Crippen LogP contribution is 2.31. The molecule has 0 aliphatic heterocycles. The van der Waals surface area contributed by atoms with Crippen molar-refractivity contribution >= 4 is 30.0 Å². The quantitative estimate of drug-likeness (QED) is 0.538. The summed E-state index contributed by atoms with van der Waals surface area (Å²) in [6.45, 7) is 0. The van der Waals surface area contributed by atoms with Crippen molar-refractivity contribution < 1.29 is 9.47 Å². The SMILES string of the molecule is COc1ccc(-c2n[nH]c(=S)n2N=Cc2cccc(Cl)c2)cc1OC. The fourth-order valence-corrected chi connectivity index (χ4v) is 2.65. The van der Waals surface area contributed by atoms with Gasteiger partial charge >= 0.3 is 0 Å². The second-order valence-electron chi connectivity index (χ2n) is 5.03. The minimum atomic E-state index is 0.378. The molecule has 0 amide bonds. The Hall–Kier alpha value is -2.64. The lowest BCUT2D eigenvalue weighted by Gasteiger charge is -2.09. The fraction of sp³-hybridized carbons (Fsp3) is 0.118. The van der Waals surface area contributed by atoms with E-state index in [0.29, 0.717) is 27.1 Å². The van der Waals surface area contributed by atoms with E-state index in [0.717, 1.165) is 11.1 Å². The van der Waals surface area contributed by atoms with Crippen LogP contribution >= 0.6 is 23.8 Å². The van der Waals surface area contributed by atoms with Crippen LogP contribution in [0.3, 0.4) is 0 Å². The van der Waals surface area contributed by atoms with E-state index in [1.807, 2.05) is 30.3 Å². The van der Waals surface area contributed by atoms with Crippen LogP contribution in [-0.4, -0.2) is 35.3 Å². The molecule has 25 heavy (non-hydrogen) atoms. The van der Waals surface area contributed by atoms with Gasteiger partial charge in [0.2, 0.25) is 4.77 Å². The molecule has 0 atom stereocenters. The first kappa shape index (κ1) is 17.2. The maximum absolute atomic E-state index is 5.99. The van der Waals surface area contributed by atoms with Gasteiger partial charge in [0.1, 0.15) is 0 Å².